The van der Waals surface area contributed by atoms with Crippen molar-refractivity contribution in [2.24, 2.45) is 7.05 Å². The number of anilines is 1. The lowest BCUT2D eigenvalue weighted by molar-refractivity contribution is -0.0704. The van der Waals surface area contributed by atoms with Gasteiger partial charge < -0.3 is 10.1 Å². The minimum atomic E-state index is -0.224. The zero-order valence-electron chi connectivity index (χ0n) is 20.5. The molecule has 3 aromatic rings. The molecule has 1 fully saturated rings. The van der Waals surface area contributed by atoms with Gasteiger partial charge >= 0.3 is 0 Å². The molecule has 0 radical (unpaired) electrons. The summed E-state index contributed by atoms with van der Waals surface area (Å²) in [5.41, 5.74) is 4.25. The largest absolute Gasteiger partial charge is 0.373 e. The Morgan fingerprint density at radius 1 is 1.15 bits per heavy atom. The first-order valence-electron chi connectivity index (χ1n) is 11.4. The molecule has 1 aromatic carbocycles. The van der Waals surface area contributed by atoms with Crippen molar-refractivity contribution < 1.29 is 9.53 Å². The number of ether oxygens (including phenoxy) is 1. The van der Waals surface area contributed by atoms with Crippen molar-refractivity contribution >= 4 is 22.9 Å². The smallest absolute Gasteiger partial charge is 0.277 e. The van der Waals surface area contributed by atoms with Crippen LogP contribution >= 0.6 is 11.3 Å². The molecule has 2 atom stereocenters. The number of morpholine rings is 1. The molecule has 4 rings (SSSR count). The SMILES string of the molecule is Cc1nc(-c2c(C)c(C)nn(C)c2=O)sc1C(=O)Nc1ccccc1CN1CC(C)OC(C)C1. The molecule has 9 heteroatoms. The number of hydrogen-bond acceptors (Lipinski definition) is 7. The Labute approximate surface area is 203 Å². The topological polar surface area (TPSA) is 89.3 Å². The van der Waals surface area contributed by atoms with Gasteiger partial charge in [0.15, 0.2) is 0 Å². The van der Waals surface area contributed by atoms with E-state index in [-0.39, 0.29) is 23.7 Å². The Hall–Kier alpha value is -2.88. The molecule has 1 N–H and O–H groups in total. The average molecular weight is 482 g/mol. The van der Waals surface area contributed by atoms with E-state index in [1.54, 1.807) is 14.0 Å². The number of rotatable bonds is 5. The molecule has 0 aliphatic carbocycles. The first kappa shape index (κ1) is 24.3. The summed E-state index contributed by atoms with van der Waals surface area (Å²) < 4.78 is 7.16. The van der Waals surface area contributed by atoms with E-state index in [0.717, 1.165) is 42.1 Å². The van der Waals surface area contributed by atoms with Crippen LogP contribution in [0.25, 0.3) is 10.6 Å². The molecule has 2 unspecified atom stereocenters. The molecule has 3 heterocycles. The number of benzene rings is 1. The van der Waals surface area contributed by atoms with E-state index in [0.29, 0.717) is 21.1 Å². The van der Waals surface area contributed by atoms with E-state index >= 15 is 0 Å². The minimum Gasteiger partial charge on any atom is -0.373 e. The predicted octanol–water partition coefficient (Wildman–Crippen LogP) is 3.69. The molecule has 0 spiro atoms. The Kier molecular flexibility index (Phi) is 6.97. The van der Waals surface area contributed by atoms with Gasteiger partial charge in [0, 0.05) is 32.4 Å². The number of nitrogens with one attached hydrogen (secondary N) is 1. The first-order chi connectivity index (χ1) is 16.1. The summed E-state index contributed by atoms with van der Waals surface area (Å²) in [5.74, 6) is -0.224. The highest BCUT2D eigenvalue weighted by molar-refractivity contribution is 7.17. The van der Waals surface area contributed by atoms with Gasteiger partial charge in [-0.2, -0.15) is 5.10 Å². The summed E-state index contributed by atoms with van der Waals surface area (Å²) in [6, 6.07) is 7.86. The molecule has 1 saturated heterocycles. The molecule has 1 aliphatic heterocycles. The van der Waals surface area contributed by atoms with Crippen LogP contribution in [0, 0.1) is 20.8 Å². The molecule has 8 nitrogen and oxygen atoms in total. The van der Waals surface area contributed by atoms with Crippen LogP contribution in [0.5, 0.6) is 0 Å². The molecular weight excluding hydrogens is 450 g/mol. The summed E-state index contributed by atoms with van der Waals surface area (Å²) in [5, 5.41) is 7.85. The zero-order valence-corrected chi connectivity index (χ0v) is 21.3. The van der Waals surface area contributed by atoms with Gasteiger partial charge in [-0.25, -0.2) is 9.67 Å². The van der Waals surface area contributed by atoms with Crippen LogP contribution in [0.2, 0.25) is 0 Å². The molecule has 2 aromatic heterocycles. The molecule has 180 valence electrons. The highest BCUT2D eigenvalue weighted by atomic mass is 32.1. The Balaban J connectivity index is 1.59. The van der Waals surface area contributed by atoms with Crippen molar-refractivity contribution in [3.63, 3.8) is 0 Å². The fraction of sp³-hybridized carbons (Fsp3) is 0.440. The van der Waals surface area contributed by atoms with Gasteiger partial charge in [0.2, 0.25) is 0 Å². The monoisotopic (exact) mass is 481 g/mol. The second-order valence-electron chi connectivity index (χ2n) is 9.01. The van der Waals surface area contributed by atoms with Gasteiger partial charge in [0.05, 0.1) is 29.2 Å². The van der Waals surface area contributed by atoms with Gasteiger partial charge in [-0.1, -0.05) is 18.2 Å². The zero-order chi connectivity index (χ0) is 24.6. The number of para-hydroxylation sites is 1. The lowest BCUT2D eigenvalue weighted by Gasteiger charge is -2.35. The third-order valence-corrected chi connectivity index (χ3v) is 7.27. The predicted molar refractivity (Wildman–Crippen MR) is 134 cm³/mol. The number of carbonyl (C=O) groups excluding carboxylic acids is 1. The number of aryl methyl sites for hydroxylation is 3. The van der Waals surface area contributed by atoms with Crippen LogP contribution in [-0.2, 0) is 18.3 Å². The van der Waals surface area contributed by atoms with Crippen molar-refractivity contribution in [2.75, 3.05) is 18.4 Å². The maximum absolute atomic E-state index is 13.3. The van der Waals surface area contributed by atoms with Crippen molar-refractivity contribution in [1.29, 1.82) is 0 Å². The van der Waals surface area contributed by atoms with E-state index in [1.807, 2.05) is 38.1 Å². The average Bonchev–Trinajstić information content (AvgIpc) is 3.14. The molecule has 0 bridgehead atoms. The Morgan fingerprint density at radius 3 is 2.53 bits per heavy atom. The fourth-order valence-electron chi connectivity index (χ4n) is 4.43. The summed E-state index contributed by atoms with van der Waals surface area (Å²) in [6.07, 6.45) is 0.355. The van der Waals surface area contributed by atoms with E-state index in [1.165, 1.54) is 16.0 Å². The van der Waals surface area contributed by atoms with Gasteiger partial charge in [0.1, 0.15) is 9.88 Å². The van der Waals surface area contributed by atoms with Crippen LogP contribution < -0.4 is 10.9 Å². The number of aromatic nitrogens is 3. The van der Waals surface area contributed by atoms with Gasteiger partial charge in [0.25, 0.3) is 11.5 Å². The van der Waals surface area contributed by atoms with Crippen molar-refractivity contribution in [3.05, 3.63) is 62.0 Å². The van der Waals surface area contributed by atoms with Crippen molar-refractivity contribution in [2.45, 2.75) is 53.4 Å². The maximum Gasteiger partial charge on any atom is 0.277 e. The summed E-state index contributed by atoms with van der Waals surface area (Å²) in [7, 11) is 1.62. The van der Waals surface area contributed by atoms with Crippen LogP contribution in [0.15, 0.2) is 29.1 Å². The Bertz CT molecular complexity index is 1270. The molecule has 34 heavy (non-hydrogen) atoms. The quantitative estimate of drug-likeness (QED) is 0.598. The highest BCUT2D eigenvalue weighted by Gasteiger charge is 2.24. The number of amides is 1. The first-order valence-corrected chi connectivity index (χ1v) is 12.2. The maximum atomic E-state index is 13.3. The minimum absolute atomic E-state index is 0.178. The Morgan fingerprint density at radius 2 is 1.82 bits per heavy atom. The third-order valence-electron chi connectivity index (χ3n) is 6.10. The summed E-state index contributed by atoms with van der Waals surface area (Å²) >= 11 is 1.24. The fourth-order valence-corrected chi connectivity index (χ4v) is 5.48. The van der Waals surface area contributed by atoms with E-state index in [2.05, 4.69) is 34.1 Å². The second-order valence-corrected chi connectivity index (χ2v) is 10.0. The van der Waals surface area contributed by atoms with Crippen LogP contribution in [0.3, 0.4) is 0 Å². The number of nitrogens with zero attached hydrogens (tertiary/aromatic N) is 4. The third kappa shape index (κ3) is 4.96. The standard InChI is InChI=1S/C25H31N5O3S/c1-14-11-30(12-15(2)33-14)13-19-9-7-8-10-20(19)27-23(31)22-18(5)26-24(34-22)21-16(3)17(4)28-29(6)25(21)32/h7-10,14-15H,11-13H2,1-6H3,(H,27,31). The van der Waals surface area contributed by atoms with Gasteiger partial charge in [-0.15, -0.1) is 11.3 Å². The number of hydrogen-bond donors (Lipinski definition) is 1. The lowest BCUT2D eigenvalue weighted by atomic mass is 10.1. The number of thiazole rings is 1. The molecule has 0 saturated carbocycles. The van der Waals surface area contributed by atoms with E-state index < -0.39 is 0 Å². The molecular formula is C25H31N5O3S. The van der Waals surface area contributed by atoms with Gasteiger partial charge in [-0.05, 0) is 51.8 Å². The highest BCUT2D eigenvalue weighted by Crippen LogP contribution is 2.30. The van der Waals surface area contributed by atoms with Crippen molar-refractivity contribution in [1.82, 2.24) is 19.7 Å². The van der Waals surface area contributed by atoms with Crippen LogP contribution in [0.4, 0.5) is 5.69 Å². The molecule has 1 aliphatic rings. The summed E-state index contributed by atoms with van der Waals surface area (Å²) in [6.45, 7) is 12.1. The summed E-state index contributed by atoms with van der Waals surface area (Å²) in [4.78, 5) is 33.4. The van der Waals surface area contributed by atoms with Crippen LogP contribution in [0.1, 0.15) is 46.0 Å². The second kappa shape index (κ2) is 9.77. The lowest BCUT2D eigenvalue weighted by Crippen LogP contribution is -2.44. The van der Waals surface area contributed by atoms with Crippen LogP contribution in [-0.4, -0.2) is 50.9 Å². The van der Waals surface area contributed by atoms with Gasteiger partial charge in [-0.3, -0.25) is 14.5 Å². The van der Waals surface area contributed by atoms with Crippen molar-refractivity contribution in [3.8, 4) is 10.6 Å². The normalized spacial score (nSPS) is 18.8. The van der Waals surface area contributed by atoms with E-state index in [4.69, 9.17) is 4.74 Å². The molecule has 1 amide bonds. The number of carbonyl (C=O) groups is 1. The van der Waals surface area contributed by atoms with E-state index in [9.17, 15) is 9.59 Å².